The molecule has 1 heterocycles. The lowest BCUT2D eigenvalue weighted by Crippen LogP contribution is -2.52. The number of carbonyl (C=O) groups excluding carboxylic acids is 1. The molecule has 41 heavy (non-hydrogen) atoms. The first-order chi connectivity index (χ1) is 19.5. The SMILES string of the molecule is COc1ccc(S(=O)(=O)N(C[C@@H](O)[C@H](Cc2ccccc2)NC(=O)O[C@H]2CCOC2)CC(C)(C)CCCC#N)cc1. The Morgan fingerprint density at radius 2 is 1.93 bits per heavy atom. The number of carbonyl (C=O) groups is 1. The number of nitrogens with zero attached hydrogens (tertiary/aromatic N) is 2. The van der Waals surface area contributed by atoms with Crippen molar-refractivity contribution in [3.63, 3.8) is 0 Å². The van der Waals surface area contributed by atoms with Crippen LogP contribution in [0.25, 0.3) is 0 Å². The average Bonchev–Trinajstić information content (AvgIpc) is 3.45. The van der Waals surface area contributed by atoms with Crippen molar-refractivity contribution in [2.75, 3.05) is 33.4 Å². The summed E-state index contributed by atoms with van der Waals surface area (Å²) in [5.74, 6) is 0.519. The number of nitrogens with one attached hydrogen (secondary N) is 1. The van der Waals surface area contributed by atoms with Crippen molar-refractivity contribution in [2.45, 2.75) is 69.1 Å². The Labute approximate surface area is 243 Å². The highest BCUT2D eigenvalue weighted by molar-refractivity contribution is 7.89. The van der Waals surface area contributed by atoms with Crippen molar-refractivity contribution in [3.8, 4) is 11.8 Å². The molecule has 1 aliphatic heterocycles. The Bertz CT molecular complexity index is 1240. The Morgan fingerprint density at radius 1 is 1.22 bits per heavy atom. The van der Waals surface area contributed by atoms with Crippen LogP contribution >= 0.6 is 0 Å². The Hall–Kier alpha value is -3.17. The third-order valence-electron chi connectivity index (χ3n) is 7.06. The number of nitriles is 1. The van der Waals surface area contributed by atoms with E-state index in [1.165, 1.54) is 23.5 Å². The van der Waals surface area contributed by atoms with E-state index in [1.807, 2.05) is 44.2 Å². The predicted molar refractivity (Wildman–Crippen MR) is 154 cm³/mol. The van der Waals surface area contributed by atoms with Crippen LogP contribution in [0.4, 0.5) is 4.79 Å². The van der Waals surface area contributed by atoms with E-state index in [1.54, 1.807) is 12.1 Å². The van der Waals surface area contributed by atoms with Crippen LogP contribution in [0, 0.1) is 16.7 Å². The zero-order valence-electron chi connectivity index (χ0n) is 24.0. The quantitative estimate of drug-likeness (QED) is 0.299. The number of methoxy groups -OCH3 is 1. The first kappa shape index (κ1) is 32.3. The fourth-order valence-corrected chi connectivity index (χ4v) is 6.42. The van der Waals surface area contributed by atoms with E-state index in [-0.39, 0.29) is 30.5 Å². The first-order valence-electron chi connectivity index (χ1n) is 13.8. The zero-order chi connectivity index (χ0) is 29.9. The van der Waals surface area contributed by atoms with Crippen LogP contribution in [0.1, 0.15) is 45.1 Å². The van der Waals surface area contributed by atoms with E-state index < -0.39 is 33.7 Å². The van der Waals surface area contributed by atoms with E-state index in [9.17, 15) is 18.3 Å². The second kappa shape index (κ2) is 15.2. The molecule has 2 aromatic carbocycles. The topological polar surface area (TPSA) is 138 Å². The van der Waals surface area contributed by atoms with Crippen LogP contribution < -0.4 is 10.1 Å². The monoisotopic (exact) mass is 587 g/mol. The van der Waals surface area contributed by atoms with Gasteiger partial charge in [-0.25, -0.2) is 13.2 Å². The van der Waals surface area contributed by atoms with Crippen molar-refractivity contribution in [2.24, 2.45) is 5.41 Å². The van der Waals surface area contributed by atoms with Gasteiger partial charge < -0.3 is 24.6 Å². The molecule has 0 aromatic heterocycles. The Kier molecular flexibility index (Phi) is 12.0. The molecule has 1 aliphatic rings. The van der Waals surface area contributed by atoms with E-state index >= 15 is 0 Å². The largest absolute Gasteiger partial charge is 0.497 e. The van der Waals surface area contributed by atoms with Gasteiger partial charge in [0.25, 0.3) is 0 Å². The van der Waals surface area contributed by atoms with Crippen LogP contribution in [0.15, 0.2) is 59.5 Å². The summed E-state index contributed by atoms with van der Waals surface area (Å²) in [5, 5.41) is 23.2. The van der Waals surface area contributed by atoms with Crippen LogP contribution in [-0.2, 0) is 25.9 Å². The molecular weight excluding hydrogens is 546 g/mol. The Balaban J connectivity index is 1.87. The minimum Gasteiger partial charge on any atom is -0.497 e. The molecule has 10 nitrogen and oxygen atoms in total. The van der Waals surface area contributed by atoms with Gasteiger partial charge in [-0.3, -0.25) is 0 Å². The lowest BCUT2D eigenvalue weighted by molar-refractivity contribution is 0.0624. The summed E-state index contributed by atoms with van der Waals surface area (Å²) in [5.41, 5.74) is 0.377. The standard InChI is InChI=1S/C30H41N3O7S/c1-30(2,16-7-8-17-31)22-33(41(36,37)26-13-11-24(38-3)12-14-26)20-28(34)27(19-23-9-5-4-6-10-23)32-29(35)40-25-15-18-39-21-25/h4-6,9-14,25,27-28,34H,7-8,15-16,18-22H2,1-3H3,(H,32,35)/t25-,27-,28+/m0/s1. The third-order valence-corrected chi connectivity index (χ3v) is 8.89. The fraction of sp³-hybridized carbons (Fsp3) is 0.533. The highest BCUT2D eigenvalue weighted by Gasteiger charge is 2.35. The minimum absolute atomic E-state index is 0.0616. The van der Waals surface area contributed by atoms with Crippen LogP contribution in [0.2, 0.25) is 0 Å². The fourth-order valence-electron chi connectivity index (χ4n) is 4.78. The van der Waals surface area contributed by atoms with Crippen molar-refractivity contribution >= 4 is 16.1 Å². The highest BCUT2D eigenvalue weighted by Crippen LogP contribution is 2.29. The molecule has 0 aliphatic carbocycles. The van der Waals surface area contributed by atoms with Gasteiger partial charge in [-0.1, -0.05) is 44.2 Å². The van der Waals surface area contributed by atoms with Crippen LogP contribution in [-0.4, -0.2) is 75.6 Å². The van der Waals surface area contributed by atoms with Gasteiger partial charge in [0.2, 0.25) is 10.0 Å². The highest BCUT2D eigenvalue weighted by atomic mass is 32.2. The number of aliphatic hydroxyl groups is 1. The number of benzene rings is 2. The summed E-state index contributed by atoms with van der Waals surface area (Å²) < 4.78 is 45.0. The van der Waals surface area contributed by atoms with Gasteiger partial charge in [0, 0.05) is 25.9 Å². The van der Waals surface area contributed by atoms with Crippen molar-refractivity contribution in [1.82, 2.24) is 9.62 Å². The van der Waals surface area contributed by atoms with Crippen molar-refractivity contribution in [1.29, 1.82) is 5.26 Å². The molecular formula is C30H41N3O7S. The molecule has 3 rings (SSSR count). The van der Waals surface area contributed by atoms with Gasteiger partial charge in [0.05, 0.1) is 43.4 Å². The first-order valence-corrected chi connectivity index (χ1v) is 15.3. The molecule has 1 saturated heterocycles. The molecule has 0 unspecified atom stereocenters. The number of hydrogen-bond acceptors (Lipinski definition) is 8. The number of sulfonamides is 1. The molecule has 3 atom stereocenters. The summed E-state index contributed by atoms with van der Waals surface area (Å²) in [6.45, 7) is 4.54. The zero-order valence-corrected chi connectivity index (χ0v) is 24.8. The van der Waals surface area contributed by atoms with Gasteiger partial charge in [-0.05, 0) is 54.5 Å². The van der Waals surface area contributed by atoms with Crippen LogP contribution in [0.5, 0.6) is 5.75 Å². The van der Waals surface area contributed by atoms with Gasteiger partial charge >= 0.3 is 6.09 Å². The van der Waals surface area contributed by atoms with E-state index in [0.717, 1.165) is 5.56 Å². The number of rotatable bonds is 15. The maximum absolute atomic E-state index is 13.9. The van der Waals surface area contributed by atoms with E-state index in [2.05, 4.69) is 11.4 Å². The van der Waals surface area contributed by atoms with Crippen molar-refractivity contribution < 1.29 is 32.5 Å². The smallest absolute Gasteiger partial charge is 0.407 e. The molecule has 1 amide bonds. The third kappa shape index (κ3) is 10.0. The summed E-state index contributed by atoms with van der Waals surface area (Å²) in [7, 11) is -2.55. The van der Waals surface area contributed by atoms with Gasteiger partial charge in [-0.2, -0.15) is 9.57 Å². The molecule has 0 saturated carbocycles. The van der Waals surface area contributed by atoms with E-state index in [0.29, 0.717) is 44.6 Å². The lowest BCUT2D eigenvalue weighted by atomic mass is 9.87. The summed E-state index contributed by atoms with van der Waals surface area (Å²) in [6, 6.07) is 16.7. The molecule has 0 bridgehead atoms. The molecule has 11 heteroatoms. The number of hydrogen-bond donors (Lipinski definition) is 2. The normalized spacial score (nSPS) is 17.0. The number of aliphatic hydroxyl groups excluding tert-OH is 1. The second-order valence-electron chi connectivity index (χ2n) is 11.0. The number of amides is 1. The number of alkyl carbamates (subject to hydrolysis) is 1. The van der Waals surface area contributed by atoms with Gasteiger partial charge in [0.1, 0.15) is 11.9 Å². The molecule has 2 N–H and O–H groups in total. The lowest BCUT2D eigenvalue weighted by Gasteiger charge is -2.35. The van der Waals surface area contributed by atoms with Crippen LogP contribution in [0.3, 0.4) is 0 Å². The number of ether oxygens (including phenoxy) is 3. The summed E-state index contributed by atoms with van der Waals surface area (Å²) in [4.78, 5) is 12.8. The molecule has 2 aromatic rings. The maximum atomic E-state index is 13.9. The summed E-state index contributed by atoms with van der Waals surface area (Å²) >= 11 is 0. The minimum atomic E-state index is -4.05. The van der Waals surface area contributed by atoms with E-state index in [4.69, 9.17) is 19.5 Å². The second-order valence-corrected chi connectivity index (χ2v) is 13.0. The maximum Gasteiger partial charge on any atom is 0.407 e. The number of unbranched alkanes of at least 4 members (excludes halogenated alkanes) is 1. The molecule has 1 fully saturated rings. The van der Waals surface area contributed by atoms with Gasteiger partial charge in [0.15, 0.2) is 0 Å². The summed E-state index contributed by atoms with van der Waals surface area (Å²) in [6.07, 6.45) is 0.144. The van der Waals surface area contributed by atoms with Gasteiger partial charge in [-0.15, -0.1) is 0 Å². The predicted octanol–water partition coefficient (Wildman–Crippen LogP) is 3.89. The molecule has 0 spiro atoms. The average molecular weight is 588 g/mol. The molecule has 0 radical (unpaired) electrons. The van der Waals surface area contributed by atoms with Crippen molar-refractivity contribution in [3.05, 3.63) is 60.2 Å². The molecule has 224 valence electrons. The Morgan fingerprint density at radius 3 is 2.54 bits per heavy atom.